The molecule has 0 saturated heterocycles. The molecule has 0 bridgehead atoms. The fraction of sp³-hybridized carbons (Fsp3) is 0.211. The van der Waals surface area contributed by atoms with E-state index in [1.54, 1.807) is 43.3 Å². The van der Waals surface area contributed by atoms with E-state index in [9.17, 15) is 13.2 Å². The minimum atomic E-state index is -3.64. The lowest BCUT2D eigenvalue weighted by atomic mass is 10.2. The molecular formula is C19H20N2O4S. The molecule has 7 heteroatoms. The molecule has 0 fully saturated rings. The summed E-state index contributed by atoms with van der Waals surface area (Å²) in [4.78, 5) is 11.1. The quantitative estimate of drug-likeness (QED) is 0.789. The molecule has 0 radical (unpaired) electrons. The number of carbonyl (C=O) groups is 1. The molecule has 0 atom stereocenters. The predicted octanol–water partition coefficient (Wildman–Crippen LogP) is 2.29. The standard InChI is InChI=1S/C19H20N2O4S/c1-14-13-18(10-11-19(14)25-3)26(23,24)20-12-4-5-16-6-8-17(9-7-16)21-15(2)22/h6-11,13,20H,12H2,1-3H3,(H,21,22). The maximum atomic E-state index is 12.3. The zero-order valence-electron chi connectivity index (χ0n) is 14.8. The van der Waals surface area contributed by atoms with Gasteiger partial charge >= 0.3 is 0 Å². The summed E-state index contributed by atoms with van der Waals surface area (Å²) in [6.45, 7) is 3.20. The molecule has 0 unspecified atom stereocenters. The molecular weight excluding hydrogens is 352 g/mol. The summed E-state index contributed by atoms with van der Waals surface area (Å²) in [7, 11) is -2.10. The Morgan fingerprint density at radius 2 is 1.85 bits per heavy atom. The summed E-state index contributed by atoms with van der Waals surface area (Å²) in [6, 6.07) is 11.6. The number of anilines is 1. The molecule has 26 heavy (non-hydrogen) atoms. The monoisotopic (exact) mass is 372 g/mol. The van der Waals surface area contributed by atoms with Gasteiger partial charge in [-0.05, 0) is 55.0 Å². The summed E-state index contributed by atoms with van der Waals surface area (Å²) >= 11 is 0. The lowest BCUT2D eigenvalue weighted by Gasteiger charge is -2.08. The predicted molar refractivity (Wildman–Crippen MR) is 101 cm³/mol. The van der Waals surface area contributed by atoms with Crippen LogP contribution in [0, 0.1) is 18.8 Å². The van der Waals surface area contributed by atoms with Crippen LogP contribution in [0.2, 0.25) is 0 Å². The van der Waals surface area contributed by atoms with Crippen molar-refractivity contribution in [3.8, 4) is 17.6 Å². The van der Waals surface area contributed by atoms with Crippen molar-refractivity contribution >= 4 is 21.6 Å². The van der Waals surface area contributed by atoms with Crippen molar-refractivity contribution in [3.63, 3.8) is 0 Å². The number of carbonyl (C=O) groups excluding carboxylic acids is 1. The Morgan fingerprint density at radius 1 is 1.15 bits per heavy atom. The molecule has 136 valence electrons. The first kappa shape index (κ1) is 19.5. The summed E-state index contributed by atoms with van der Waals surface area (Å²) in [5.74, 6) is 6.13. The first-order chi connectivity index (χ1) is 12.3. The number of aryl methyl sites for hydroxylation is 1. The van der Waals surface area contributed by atoms with Gasteiger partial charge in [0.2, 0.25) is 15.9 Å². The van der Waals surface area contributed by atoms with Crippen LogP contribution in [-0.4, -0.2) is 28.0 Å². The average molecular weight is 372 g/mol. The summed E-state index contributed by atoms with van der Waals surface area (Å²) < 4.78 is 32.1. The Labute approximate surface area is 153 Å². The van der Waals surface area contributed by atoms with Gasteiger partial charge in [0, 0.05) is 18.2 Å². The highest BCUT2D eigenvalue weighted by atomic mass is 32.2. The van der Waals surface area contributed by atoms with Gasteiger partial charge in [-0.25, -0.2) is 8.42 Å². The first-order valence-corrected chi connectivity index (χ1v) is 9.31. The Balaban J connectivity index is 1.99. The van der Waals surface area contributed by atoms with Gasteiger partial charge in [0.1, 0.15) is 5.75 Å². The molecule has 2 aromatic rings. The Bertz CT molecular complexity index is 955. The molecule has 2 aromatic carbocycles. The van der Waals surface area contributed by atoms with Crippen LogP contribution < -0.4 is 14.8 Å². The van der Waals surface area contributed by atoms with Crippen molar-refractivity contribution in [2.75, 3.05) is 19.0 Å². The summed E-state index contributed by atoms with van der Waals surface area (Å²) in [5.41, 5.74) is 2.14. The zero-order chi connectivity index (χ0) is 19.2. The zero-order valence-corrected chi connectivity index (χ0v) is 15.6. The third-order valence-electron chi connectivity index (χ3n) is 3.47. The molecule has 6 nitrogen and oxygen atoms in total. The second kappa shape index (κ2) is 8.52. The average Bonchev–Trinajstić information content (AvgIpc) is 2.59. The van der Waals surface area contributed by atoms with Crippen LogP contribution in [-0.2, 0) is 14.8 Å². The van der Waals surface area contributed by atoms with Gasteiger partial charge in [-0.2, -0.15) is 4.72 Å². The summed E-state index contributed by atoms with van der Waals surface area (Å²) in [6.07, 6.45) is 0. The number of methoxy groups -OCH3 is 1. The lowest BCUT2D eigenvalue weighted by molar-refractivity contribution is -0.114. The summed E-state index contributed by atoms with van der Waals surface area (Å²) in [5, 5.41) is 2.66. The van der Waals surface area contributed by atoms with Gasteiger partial charge in [0.05, 0.1) is 18.6 Å². The molecule has 0 saturated carbocycles. The maximum Gasteiger partial charge on any atom is 0.241 e. The number of rotatable bonds is 5. The third kappa shape index (κ3) is 5.34. The Hall–Kier alpha value is -2.82. The smallest absolute Gasteiger partial charge is 0.241 e. The van der Waals surface area contributed by atoms with Crippen molar-refractivity contribution < 1.29 is 17.9 Å². The van der Waals surface area contributed by atoms with E-state index in [-0.39, 0.29) is 17.3 Å². The molecule has 0 aliphatic heterocycles. The van der Waals surface area contributed by atoms with Gasteiger partial charge in [-0.1, -0.05) is 11.8 Å². The molecule has 0 aliphatic rings. The van der Waals surface area contributed by atoms with Crippen molar-refractivity contribution in [3.05, 3.63) is 53.6 Å². The van der Waals surface area contributed by atoms with Crippen LogP contribution in [0.15, 0.2) is 47.4 Å². The Kier molecular flexibility index (Phi) is 6.39. The number of nitrogens with one attached hydrogen (secondary N) is 2. The fourth-order valence-corrected chi connectivity index (χ4v) is 3.23. The minimum absolute atomic E-state index is 0.0130. The topological polar surface area (TPSA) is 84.5 Å². The van der Waals surface area contributed by atoms with Crippen LogP contribution in [0.1, 0.15) is 18.1 Å². The lowest BCUT2D eigenvalue weighted by Crippen LogP contribution is -2.24. The fourth-order valence-electron chi connectivity index (χ4n) is 2.22. The molecule has 0 aliphatic carbocycles. The van der Waals surface area contributed by atoms with E-state index in [1.165, 1.54) is 20.1 Å². The van der Waals surface area contributed by atoms with Crippen molar-refractivity contribution in [1.29, 1.82) is 0 Å². The maximum absolute atomic E-state index is 12.3. The van der Waals surface area contributed by atoms with Crippen molar-refractivity contribution in [1.82, 2.24) is 4.72 Å². The highest BCUT2D eigenvalue weighted by Crippen LogP contribution is 2.21. The van der Waals surface area contributed by atoms with E-state index in [1.807, 2.05) is 0 Å². The number of benzene rings is 2. The van der Waals surface area contributed by atoms with Crippen molar-refractivity contribution in [2.24, 2.45) is 0 Å². The van der Waals surface area contributed by atoms with E-state index >= 15 is 0 Å². The van der Waals surface area contributed by atoms with E-state index in [4.69, 9.17) is 4.74 Å². The van der Waals surface area contributed by atoms with E-state index in [2.05, 4.69) is 21.9 Å². The van der Waals surface area contributed by atoms with Gasteiger partial charge in [-0.3, -0.25) is 4.79 Å². The number of sulfonamides is 1. The molecule has 1 amide bonds. The number of hydrogen-bond donors (Lipinski definition) is 2. The van der Waals surface area contributed by atoms with Crippen LogP contribution in [0.25, 0.3) is 0 Å². The van der Waals surface area contributed by atoms with Crippen molar-refractivity contribution in [2.45, 2.75) is 18.7 Å². The van der Waals surface area contributed by atoms with Gasteiger partial charge in [-0.15, -0.1) is 0 Å². The second-order valence-electron chi connectivity index (χ2n) is 5.52. The van der Waals surface area contributed by atoms with Gasteiger partial charge in [0.25, 0.3) is 0 Å². The highest BCUT2D eigenvalue weighted by Gasteiger charge is 2.14. The van der Waals surface area contributed by atoms with E-state index < -0.39 is 10.0 Å². The SMILES string of the molecule is COc1ccc(S(=O)(=O)NCC#Cc2ccc(NC(C)=O)cc2)cc1C. The van der Waals surface area contributed by atoms with Gasteiger partial charge in [0.15, 0.2) is 0 Å². The number of hydrogen-bond acceptors (Lipinski definition) is 4. The van der Waals surface area contributed by atoms with Gasteiger partial charge < -0.3 is 10.1 Å². The third-order valence-corrected chi connectivity index (χ3v) is 4.86. The van der Waals surface area contributed by atoms with E-state index in [0.717, 1.165) is 11.1 Å². The Morgan fingerprint density at radius 3 is 2.42 bits per heavy atom. The largest absolute Gasteiger partial charge is 0.496 e. The highest BCUT2D eigenvalue weighted by molar-refractivity contribution is 7.89. The number of ether oxygens (including phenoxy) is 1. The molecule has 0 spiro atoms. The van der Waals surface area contributed by atoms with Crippen LogP contribution in [0.5, 0.6) is 5.75 Å². The molecule has 0 heterocycles. The van der Waals surface area contributed by atoms with Crippen LogP contribution in [0.3, 0.4) is 0 Å². The van der Waals surface area contributed by atoms with Crippen LogP contribution in [0.4, 0.5) is 5.69 Å². The molecule has 2 N–H and O–H groups in total. The van der Waals surface area contributed by atoms with Crippen LogP contribution >= 0.6 is 0 Å². The normalized spacial score (nSPS) is 10.6. The molecule has 2 rings (SSSR count). The number of amides is 1. The first-order valence-electron chi connectivity index (χ1n) is 7.82. The second-order valence-corrected chi connectivity index (χ2v) is 7.28. The minimum Gasteiger partial charge on any atom is -0.496 e. The molecule has 0 aromatic heterocycles. The van der Waals surface area contributed by atoms with E-state index in [0.29, 0.717) is 11.4 Å².